The first-order chi connectivity index (χ1) is 11.5. The number of nitrogens with zero attached hydrogens (tertiary/aromatic N) is 5. The minimum atomic E-state index is -0.0707. The Hall–Kier alpha value is -2.70. The normalized spacial score (nSPS) is 12.5. The Balaban J connectivity index is 1.63. The zero-order chi connectivity index (χ0) is 17.3. The second kappa shape index (κ2) is 6.43. The van der Waals surface area contributed by atoms with Crippen LogP contribution in [0.25, 0.3) is 11.0 Å². The Labute approximate surface area is 140 Å². The number of para-hydroxylation sites is 1. The minimum Gasteiger partial charge on any atom is -0.349 e. The number of hydrogen-bond acceptors (Lipinski definition) is 4. The van der Waals surface area contributed by atoms with Crippen molar-refractivity contribution in [3.05, 3.63) is 41.2 Å². The smallest absolute Gasteiger partial charge is 0.222 e. The van der Waals surface area contributed by atoms with Gasteiger partial charge in [0.2, 0.25) is 5.91 Å². The Kier molecular flexibility index (Phi) is 4.33. The van der Waals surface area contributed by atoms with Gasteiger partial charge in [0, 0.05) is 24.7 Å². The second-order valence-corrected chi connectivity index (χ2v) is 6.05. The molecular formula is C17H22N6O. The predicted molar refractivity (Wildman–Crippen MR) is 91.4 cm³/mol. The van der Waals surface area contributed by atoms with Crippen molar-refractivity contribution in [2.24, 2.45) is 7.05 Å². The molecule has 0 aliphatic carbocycles. The quantitative estimate of drug-likeness (QED) is 0.778. The number of carbonyl (C=O) groups excluding carboxylic acids is 1. The van der Waals surface area contributed by atoms with E-state index >= 15 is 0 Å². The summed E-state index contributed by atoms with van der Waals surface area (Å²) in [5.74, 6) is -0.00951. The van der Waals surface area contributed by atoms with Gasteiger partial charge in [0.1, 0.15) is 5.52 Å². The van der Waals surface area contributed by atoms with Gasteiger partial charge in [-0.1, -0.05) is 17.3 Å². The minimum absolute atomic E-state index is 0.00951. The Bertz CT molecular complexity index is 878. The standard InChI is InChI=1S/C17H22N6O/c1-11(17-12(2)20-22(4)13(17)3)18-16(24)9-10-23-15-8-6-5-7-14(15)19-21-23/h5-8,11H,9-10H2,1-4H3,(H,18,24). The third kappa shape index (κ3) is 3.02. The van der Waals surface area contributed by atoms with E-state index in [1.54, 1.807) is 4.68 Å². The summed E-state index contributed by atoms with van der Waals surface area (Å²) >= 11 is 0. The van der Waals surface area contributed by atoms with Gasteiger partial charge >= 0.3 is 0 Å². The largest absolute Gasteiger partial charge is 0.349 e. The summed E-state index contributed by atoms with van der Waals surface area (Å²) in [6, 6.07) is 7.67. The maximum Gasteiger partial charge on any atom is 0.222 e. The number of fused-ring (bicyclic) bond motifs is 1. The number of aromatic nitrogens is 5. The van der Waals surface area contributed by atoms with E-state index in [1.165, 1.54) is 0 Å². The van der Waals surface area contributed by atoms with E-state index in [4.69, 9.17) is 0 Å². The van der Waals surface area contributed by atoms with Crippen molar-refractivity contribution < 1.29 is 4.79 Å². The fraction of sp³-hybridized carbons (Fsp3) is 0.412. The molecule has 0 aliphatic heterocycles. The molecule has 2 heterocycles. The maximum absolute atomic E-state index is 12.3. The molecule has 7 heteroatoms. The second-order valence-electron chi connectivity index (χ2n) is 6.05. The van der Waals surface area contributed by atoms with Crippen molar-refractivity contribution in [2.45, 2.75) is 39.8 Å². The first kappa shape index (κ1) is 16.2. The highest BCUT2D eigenvalue weighted by atomic mass is 16.1. The molecule has 7 nitrogen and oxygen atoms in total. The topological polar surface area (TPSA) is 77.6 Å². The summed E-state index contributed by atoms with van der Waals surface area (Å²) < 4.78 is 3.61. The molecule has 3 rings (SSSR count). The van der Waals surface area contributed by atoms with E-state index in [0.717, 1.165) is 28.0 Å². The molecule has 1 N–H and O–H groups in total. The van der Waals surface area contributed by atoms with Crippen molar-refractivity contribution in [2.75, 3.05) is 0 Å². The number of hydrogen-bond donors (Lipinski definition) is 1. The van der Waals surface area contributed by atoms with E-state index < -0.39 is 0 Å². The van der Waals surface area contributed by atoms with Crippen molar-refractivity contribution in [3.63, 3.8) is 0 Å². The molecule has 1 aromatic carbocycles. The van der Waals surface area contributed by atoms with Gasteiger partial charge in [-0.25, -0.2) is 4.68 Å². The fourth-order valence-electron chi connectivity index (χ4n) is 3.09. The third-order valence-corrected chi connectivity index (χ3v) is 4.35. The SMILES string of the molecule is Cc1nn(C)c(C)c1C(C)NC(=O)CCn1nnc2ccccc21. The molecule has 0 radical (unpaired) electrons. The lowest BCUT2D eigenvalue weighted by atomic mass is 10.1. The van der Waals surface area contributed by atoms with Crippen LogP contribution in [0.5, 0.6) is 0 Å². The molecular weight excluding hydrogens is 304 g/mol. The molecule has 1 amide bonds. The molecule has 0 fully saturated rings. The van der Waals surface area contributed by atoms with Gasteiger partial charge in [-0.2, -0.15) is 5.10 Å². The van der Waals surface area contributed by atoms with Crippen LogP contribution in [0, 0.1) is 13.8 Å². The van der Waals surface area contributed by atoms with Crippen LogP contribution in [0.3, 0.4) is 0 Å². The molecule has 2 aromatic heterocycles. The van der Waals surface area contributed by atoms with Crippen molar-refractivity contribution in [1.29, 1.82) is 0 Å². The third-order valence-electron chi connectivity index (χ3n) is 4.35. The van der Waals surface area contributed by atoms with Crippen LogP contribution in [-0.2, 0) is 18.4 Å². The van der Waals surface area contributed by atoms with Crippen LogP contribution in [0.1, 0.15) is 36.3 Å². The van der Waals surface area contributed by atoms with Gasteiger partial charge in [0.15, 0.2) is 0 Å². The summed E-state index contributed by atoms with van der Waals surface area (Å²) in [5.41, 5.74) is 4.88. The van der Waals surface area contributed by atoms with Gasteiger partial charge in [0.25, 0.3) is 0 Å². The van der Waals surface area contributed by atoms with E-state index in [0.29, 0.717) is 13.0 Å². The lowest BCUT2D eigenvalue weighted by molar-refractivity contribution is -0.122. The van der Waals surface area contributed by atoms with Gasteiger partial charge in [-0.3, -0.25) is 9.48 Å². The van der Waals surface area contributed by atoms with E-state index in [-0.39, 0.29) is 11.9 Å². The van der Waals surface area contributed by atoms with E-state index in [2.05, 4.69) is 20.7 Å². The van der Waals surface area contributed by atoms with Gasteiger partial charge in [0.05, 0.1) is 23.8 Å². The predicted octanol–water partition coefficient (Wildman–Crippen LogP) is 2.05. The molecule has 0 saturated carbocycles. The average molecular weight is 326 g/mol. The lowest BCUT2D eigenvalue weighted by Gasteiger charge is -2.15. The van der Waals surface area contributed by atoms with Gasteiger partial charge < -0.3 is 5.32 Å². The van der Waals surface area contributed by atoms with Crippen molar-refractivity contribution in [3.8, 4) is 0 Å². The summed E-state index contributed by atoms with van der Waals surface area (Å²) in [6.07, 6.45) is 0.357. The molecule has 1 unspecified atom stereocenters. The molecule has 0 aliphatic rings. The maximum atomic E-state index is 12.3. The monoisotopic (exact) mass is 326 g/mol. The van der Waals surface area contributed by atoms with Crippen LogP contribution in [0.4, 0.5) is 0 Å². The number of aryl methyl sites for hydroxylation is 3. The molecule has 126 valence electrons. The van der Waals surface area contributed by atoms with Gasteiger partial charge in [-0.05, 0) is 32.9 Å². The molecule has 0 saturated heterocycles. The van der Waals surface area contributed by atoms with E-state index in [1.807, 2.05) is 56.8 Å². The van der Waals surface area contributed by atoms with Crippen molar-refractivity contribution in [1.82, 2.24) is 30.1 Å². The zero-order valence-corrected chi connectivity index (χ0v) is 14.4. The number of nitrogens with one attached hydrogen (secondary N) is 1. The summed E-state index contributed by atoms with van der Waals surface area (Å²) in [5, 5.41) is 15.7. The lowest BCUT2D eigenvalue weighted by Crippen LogP contribution is -2.28. The summed E-state index contributed by atoms with van der Waals surface area (Å²) in [4.78, 5) is 12.3. The number of benzene rings is 1. The van der Waals surface area contributed by atoms with Crippen molar-refractivity contribution >= 4 is 16.9 Å². The Morgan fingerprint density at radius 1 is 1.29 bits per heavy atom. The summed E-state index contributed by atoms with van der Waals surface area (Å²) in [7, 11) is 1.91. The number of rotatable bonds is 5. The van der Waals surface area contributed by atoms with Crippen LogP contribution < -0.4 is 5.32 Å². The van der Waals surface area contributed by atoms with Crippen LogP contribution in [-0.4, -0.2) is 30.7 Å². The zero-order valence-electron chi connectivity index (χ0n) is 14.4. The molecule has 24 heavy (non-hydrogen) atoms. The summed E-state index contributed by atoms with van der Waals surface area (Å²) in [6.45, 7) is 6.47. The average Bonchev–Trinajstić information content (AvgIpc) is 3.06. The van der Waals surface area contributed by atoms with E-state index in [9.17, 15) is 4.79 Å². The molecule has 0 spiro atoms. The van der Waals surface area contributed by atoms with Crippen LogP contribution >= 0.6 is 0 Å². The highest BCUT2D eigenvalue weighted by Crippen LogP contribution is 2.20. The molecule has 0 bridgehead atoms. The van der Waals surface area contributed by atoms with Crippen LogP contribution in [0.15, 0.2) is 24.3 Å². The number of carbonyl (C=O) groups is 1. The first-order valence-electron chi connectivity index (χ1n) is 8.05. The van der Waals surface area contributed by atoms with Crippen LogP contribution in [0.2, 0.25) is 0 Å². The van der Waals surface area contributed by atoms with Gasteiger partial charge in [-0.15, -0.1) is 5.10 Å². The Morgan fingerprint density at radius 3 is 2.75 bits per heavy atom. The first-order valence-corrected chi connectivity index (χ1v) is 8.05. The number of amides is 1. The highest BCUT2D eigenvalue weighted by Gasteiger charge is 2.18. The molecule has 1 atom stereocenters. The highest BCUT2D eigenvalue weighted by molar-refractivity contribution is 5.77. The molecule has 3 aromatic rings. The fourth-order valence-corrected chi connectivity index (χ4v) is 3.09. The Morgan fingerprint density at radius 2 is 2.04 bits per heavy atom.